The van der Waals surface area contributed by atoms with E-state index in [1.807, 2.05) is 11.8 Å². The van der Waals surface area contributed by atoms with Crippen LogP contribution in [-0.2, 0) is 11.0 Å². The SMILES string of the molecule is CC(c1cccc(C(F)(F)F)c1)N(CC(=O)NC1(C#N)CCCC1)C1CC1. The Labute approximate surface area is 157 Å². The number of nitriles is 1. The van der Waals surface area contributed by atoms with E-state index >= 15 is 0 Å². The molecular weight excluding hydrogens is 355 g/mol. The van der Waals surface area contributed by atoms with Crippen LogP contribution in [0.3, 0.4) is 0 Å². The highest BCUT2D eigenvalue weighted by Gasteiger charge is 2.39. The number of carbonyl (C=O) groups is 1. The number of benzene rings is 1. The molecule has 27 heavy (non-hydrogen) atoms. The quantitative estimate of drug-likeness (QED) is 0.807. The Hall–Kier alpha value is -2.07. The molecule has 1 amide bonds. The third kappa shape index (κ3) is 4.62. The molecule has 2 fully saturated rings. The van der Waals surface area contributed by atoms with Gasteiger partial charge < -0.3 is 5.32 Å². The molecule has 4 nitrogen and oxygen atoms in total. The average molecular weight is 379 g/mol. The maximum Gasteiger partial charge on any atom is 0.416 e. The molecule has 0 aromatic heterocycles. The Kier molecular flexibility index (Phi) is 5.48. The molecular formula is C20H24F3N3O. The maximum absolute atomic E-state index is 13.0. The lowest BCUT2D eigenvalue weighted by molar-refractivity contribution is -0.137. The Morgan fingerprint density at radius 3 is 2.59 bits per heavy atom. The zero-order chi connectivity index (χ0) is 19.7. The largest absolute Gasteiger partial charge is 0.416 e. The second-order valence-corrected chi connectivity index (χ2v) is 7.65. The van der Waals surface area contributed by atoms with Gasteiger partial charge in [0.05, 0.1) is 18.2 Å². The molecule has 1 aromatic rings. The van der Waals surface area contributed by atoms with Crippen LogP contribution in [0.4, 0.5) is 13.2 Å². The Bertz CT molecular complexity index is 731. The van der Waals surface area contributed by atoms with Crippen molar-refractivity contribution in [3.8, 4) is 6.07 Å². The fourth-order valence-corrected chi connectivity index (χ4v) is 3.87. The van der Waals surface area contributed by atoms with Gasteiger partial charge in [0.15, 0.2) is 0 Å². The second-order valence-electron chi connectivity index (χ2n) is 7.65. The number of hydrogen-bond donors (Lipinski definition) is 1. The van der Waals surface area contributed by atoms with Crippen LogP contribution >= 0.6 is 0 Å². The lowest BCUT2D eigenvalue weighted by atomic mass is 9.99. The summed E-state index contributed by atoms with van der Waals surface area (Å²) in [6, 6.07) is 7.41. The zero-order valence-corrected chi connectivity index (χ0v) is 15.4. The first-order valence-electron chi connectivity index (χ1n) is 9.39. The minimum atomic E-state index is -4.39. The van der Waals surface area contributed by atoms with Gasteiger partial charge in [-0.2, -0.15) is 18.4 Å². The van der Waals surface area contributed by atoms with Gasteiger partial charge >= 0.3 is 6.18 Å². The van der Waals surface area contributed by atoms with Crippen LogP contribution in [0.1, 0.15) is 62.6 Å². The normalized spacial score (nSPS) is 20.3. The van der Waals surface area contributed by atoms with E-state index in [2.05, 4.69) is 11.4 Å². The summed E-state index contributed by atoms with van der Waals surface area (Å²) < 4.78 is 39.0. The molecule has 1 N–H and O–H groups in total. The van der Waals surface area contributed by atoms with Gasteiger partial charge in [0.2, 0.25) is 5.91 Å². The summed E-state index contributed by atoms with van der Waals surface area (Å²) in [6.07, 6.45) is 0.616. The second kappa shape index (κ2) is 7.51. The molecule has 0 radical (unpaired) electrons. The van der Waals surface area contributed by atoms with Crippen molar-refractivity contribution in [3.63, 3.8) is 0 Å². The van der Waals surface area contributed by atoms with Gasteiger partial charge in [-0.3, -0.25) is 9.69 Å². The Morgan fingerprint density at radius 1 is 1.37 bits per heavy atom. The highest BCUT2D eigenvalue weighted by Crippen LogP contribution is 2.36. The standard InChI is InChI=1S/C20H24F3N3O/c1-14(15-5-4-6-16(11-15)20(21,22)23)26(17-7-8-17)12-18(27)25-19(13-24)9-2-3-10-19/h4-6,11,14,17H,2-3,7-10,12H2,1H3,(H,25,27). The molecule has 2 aliphatic carbocycles. The summed E-state index contributed by atoms with van der Waals surface area (Å²) >= 11 is 0. The minimum Gasteiger partial charge on any atom is -0.337 e. The summed E-state index contributed by atoms with van der Waals surface area (Å²) in [5, 5.41) is 12.3. The van der Waals surface area contributed by atoms with Crippen molar-refractivity contribution in [2.75, 3.05) is 6.54 Å². The lowest BCUT2D eigenvalue weighted by Gasteiger charge is -2.31. The van der Waals surface area contributed by atoms with Gasteiger partial charge in [-0.15, -0.1) is 0 Å². The zero-order valence-electron chi connectivity index (χ0n) is 15.4. The number of halogens is 3. The van der Waals surface area contributed by atoms with Gasteiger partial charge in [0, 0.05) is 12.1 Å². The van der Waals surface area contributed by atoms with Crippen molar-refractivity contribution in [3.05, 3.63) is 35.4 Å². The number of nitrogens with zero attached hydrogens (tertiary/aromatic N) is 2. The van der Waals surface area contributed by atoms with Crippen molar-refractivity contribution in [1.29, 1.82) is 5.26 Å². The first-order valence-corrected chi connectivity index (χ1v) is 9.39. The molecule has 3 rings (SSSR count). The molecule has 0 spiro atoms. The molecule has 2 aliphatic rings. The summed E-state index contributed by atoms with van der Waals surface area (Å²) in [7, 11) is 0. The smallest absolute Gasteiger partial charge is 0.337 e. The third-order valence-corrected chi connectivity index (χ3v) is 5.59. The summed E-state index contributed by atoms with van der Waals surface area (Å²) in [5.41, 5.74) is -0.923. The number of rotatable bonds is 6. The third-order valence-electron chi connectivity index (χ3n) is 5.59. The molecule has 0 saturated heterocycles. The van der Waals surface area contributed by atoms with Gasteiger partial charge in [0.1, 0.15) is 5.54 Å². The fraction of sp³-hybridized carbons (Fsp3) is 0.600. The van der Waals surface area contributed by atoms with Crippen LogP contribution in [0, 0.1) is 11.3 Å². The van der Waals surface area contributed by atoms with E-state index in [4.69, 9.17) is 0 Å². The molecule has 0 bridgehead atoms. The van der Waals surface area contributed by atoms with Gasteiger partial charge in [0.25, 0.3) is 0 Å². The highest BCUT2D eigenvalue weighted by molar-refractivity contribution is 5.79. The van der Waals surface area contributed by atoms with Crippen LogP contribution in [-0.4, -0.2) is 28.9 Å². The molecule has 2 saturated carbocycles. The van der Waals surface area contributed by atoms with Crippen LogP contribution in [0.25, 0.3) is 0 Å². The molecule has 1 atom stereocenters. The molecule has 0 aliphatic heterocycles. The van der Waals surface area contributed by atoms with Crippen molar-refractivity contribution in [2.24, 2.45) is 0 Å². The molecule has 7 heteroatoms. The summed E-state index contributed by atoms with van der Waals surface area (Å²) in [4.78, 5) is 14.5. The monoisotopic (exact) mass is 379 g/mol. The molecule has 0 heterocycles. The first kappa shape index (κ1) is 19.7. The Balaban J connectivity index is 1.72. The van der Waals surface area contributed by atoms with Crippen LogP contribution < -0.4 is 5.32 Å². The highest BCUT2D eigenvalue weighted by atomic mass is 19.4. The number of carbonyl (C=O) groups excluding carboxylic acids is 1. The van der Waals surface area contributed by atoms with Crippen LogP contribution in [0.2, 0.25) is 0 Å². The molecule has 146 valence electrons. The van der Waals surface area contributed by atoms with E-state index in [0.717, 1.165) is 37.8 Å². The van der Waals surface area contributed by atoms with Crippen molar-refractivity contribution >= 4 is 5.91 Å². The topological polar surface area (TPSA) is 56.1 Å². The Morgan fingerprint density at radius 2 is 2.04 bits per heavy atom. The maximum atomic E-state index is 13.0. The number of nitrogens with one attached hydrogen (secondary N) is 1. The fourth-order valence-electron chi connectivity index (χ4n) is 3.87. The molecule has 1 aromatic carbocycles. The first-order chi connectivity index (χ1) is 12.7. The summed E-state index contributed by atoms with van der Waals surface area (Å²) in [6.45, 7) is 1.92. The number of alkyl halides is 3. The predicted octanol–water partition coefficient (Wildman–Crippen LogP) is 4.18. The average Bonchev–Trinajstić information content (AvgIpc) is 3.37. The van der Waals surface area contributed by atoms with E-state index in [1.54, 1.807) is 6.07 Å². The minimum absolute atomic E-state index is 0.0888. The number of hydrogen-bond acceptors (Lipinski definition) is 3. The van der Waals surface area contributed by atoms with E-state index in [9.17, 15) is 23.2 Å². The van der Waals surface area contributed by atoms with Crippen LogP contribution in [0.5, 0.6) is 0 Å². The van der Waals surface area contributed by atoms with Crippen molar-refractivity contribution < 1.29 is 18.0 Å². The number of amides is 1. The molecule has 1 unspecified atom stereocenters. The van der Waals surface area contributed by atoms with Gasteiger partial charge in [-0.05, 0) is 63.1 Å². The van der Waals surface area contributed by atoms with E-state index in [-0.39, 0.29) is 24.5 Å². The van der Waals surface area contributed by atoms with Crippen molar-refractivity contribution in [2.45, 2.75) is 69.2 Å². The van der Waals surface area contributed by atoms with E-state index in [0.29, 0.717) is 18.4 Å². The summed E-state index contributed by atoms with van der Waals surface area (Å²) in [5.74, 6) is -0.232. The van der Waals surface area contributed by atoms with Gasteiger partial charge in [-0.1, -0.05) is 12.1 Å². The van der Waals surface area contributed by atoms with E-state index in [1.165, 1.54) is 6.07 Å². The predicted molar refractivity (Wildman–Crippen MR) is 94.5 cm³/mol. The van der Waals surface area contributed by atoms with Crippen LogP contribution in [0.15, 0.2) is 24.3 Å². The van der Waals surface area contributed by atoms with Crippen molar-refractivity contribution in [1.82, 2.24) is 10.2 Å². The van der Waals surface area contributed by atoms with E-state index < -0.39 is 17.3 Å². The lowest BCUT2D eigenvalue weighted by Crippen LogP contribution is -2.49. The van der Waals surface area contributed by atoms with Gasteiger partial charge in [-0.25, -0.2) is 0 Å².